The second kappa shape index (κ2) is 38.5. The van der Waals surface area contributed by atoms with Gasteiger partial charge in [0.1, 0.15) is 17.1 Å². The summed E-state index contributed by atoms with van der Waals surface area (Å²) in [7, 11) is 0. The van der Waals surface area contributed by atoms with Gasteiger partial charge in [-0.1, -0.05) is 164 Å². The van der Waals surface area contributed by atoms with Crippen molar-refractivity contribution >= 4 is 0 Å². The highest BCUT2D eigenvalue weighted by Gasteiger charge is 2.63. The second-order valence-electron chi connectivity index (χ2n) is 39.7. The molecule has 2 saturated carbocycles. The molecule has 4 aliphatic carbocycles. The lowest BCUT2D eigenvalue weighted by molar-refractivity contribution is 0.225. The molecule has 15 heteroatoms. The summed E-state index contributed by atoms with van der Waals surface area (Å²) in [4.78, 5) is 40.7. The lowest BCUT2D eigenvalue weighted by Gasteiger charge is -2.34. The zero-order chi connectivity index (χ0) is 93.1. The summed E-state index contributed by atoms with van der Waals surface area (Å²) in [6, 6.07) is 61.2. The van der Waals surface area contributed by atoms with Gasteiger partial charge in [0.25, 0.3) is 0 Å². The van der Waals surface area contributed by atoms with Gasteiger partial charge >= 0.3 is 0 Å². The molecule has 0 amide bonds. The minimum Gasteiger partial charge on any atom is -0.282 e. The summed E-state index contributed by atoms with van der Waals surface area (Å²) in [5.41, 5.74) is 48.4. The molecule has 0 radical (unpaired) electrons. The minimum absolute atomic E-state index is 0.238. The number of nitrogens with one attached hydrogen (secondary N) is 3. The van der Waals surface area contributed by atoms with E-state index >= 15 is 0 Å². The van der Waals surface area contributed by atoms with Crippen molar-refractivity contribution < 1.29 is 0 Å². The van der Waals surface area contributed by atoms with Crippen LogP contribution in [-0.2, 0) is 23.7 Å². The number of H-pyrrole nitrogens is 3. The predicted octanol–water partition coefficient (Wildman–Crippen LogP) is 28.6. The van der Waals surface area contributed by atoms with Crippen LogP contribution in [0.5, 0.6) is 0 Å². The number of nitrogens with zero attached hydrogens (tertiary/aromatic N) is 12. The Kier molecular flexibility index (Phi) is 27.2. The van der Waals surface area contributed by atoms with Crippen LogP contribution in [0, 0.1) is 120 Å². The third-order valence-corrected chi connectivity index (χ3v) is 28.2. The Labute approximate surface area is 776 Å². The maximum absolute atomic E-state index is 4.72. The van der Waals surface area contributed by atoms with Crippen molar-refractivity contribution in [1.29, 1.82) is 0 Å². The number of hydrogen-bond acceptors (Lipinski definition) is 12. The smallest absolute Gasteiger partial charge is 0.114 e. The zero-order valence-electron chi connectivity index (χ0n) is 81.4. The molecular formula is C116H129N15. The van der Waals surface area contributed by atoms with E-state index in [1.807, 2.05) is 92.0 Å². The number of hydrogen-bond donors (Lipinski definition) is 3. The number of aryl methyl sites for hydroxylation is 14. The first-order valence-corrected chi connectivity index (χ1v) is 46.6. The van der Waals surface area contributed by atoms with Crippen LogP contribution in [0.25, 0.3) is 113 Å². The fourth-order valence-electron chi connectivity index (χ4n) is 21.5. The molecule has 16 aromatic rings. The molecule has 4 bridgehead atoms. The van der Waals surface area contributed by atoms with Crippen LogP contribution < -0.4 is 0 Å². The molecule has 0 saturated heterocycles. The molecule has 20 rings (SSSR count). The van der Waals surface area contributed by atoms with Gasteiger partial charge in [0.2, 0.25) is 0 Å². The maximum atomic E-state index is 4.72. The van der Waals surface area contributed by atoms with E-state index < -0.39 is 0 Å². The SMILES string of the molecule is CC(C)Cc1cc(-c2ccccn2)n[nH]1.CC12CCC(c3c(-c4ccccn4)n[nH]c31)C2(C)C.Cc1cc(C)c(-c2ccc(-c3ccc(-c4c(C)cc(C)cc4C)cn3)nc2)c(C)c1.Cc1cc(C)c(-c2ccnc(-c3cc(-c4c(C)cc(C)cc4C)ccn3)c2)c(C)c1.Cc1ccnc(-c2cc(CC(C)C)ccn2)c1.Cc1ccnc(-c2n[nH]c3c2C2CCC3(C)C2(C)C)c1. The summed E-state index contributed by atoms with van der Waals surface area (Å²) in [5.74, 6) is 2.53. The molecule has 668 valence electrons. The highest BCUT2D eigenvalue weighted by Crippen LogP contribution is 2.70. The highest BCUT2D eigenvalue weighted by molar-refractivity contribution is 5.80. The van der Waals surface area contributed by atoms with Gasteiger partial charge in [-0.05, 0) is 368 Å². The van der Waals surface area contributed by atoms with Crippen molar-refractivity contribution in [2.45, 2.75) is 227 Å². The van der Waals surface area contributed by atoms with E-state index in [2.05, 4.69) is 365 Å². The van der Waals surface area contributed by atoms with Gasteiger partial charge in [0, 0.05) is 106 Å². The zero-order valence-corrected chi connectivity index (χ0v) is 81.4. The molecule has 0 aliphatic heterocycles. The van der Waals surface area contributed by atoms with Crippen LogP contribution >= 0.6 is 0 Å². The monoisotopic (exact) mass is 1730 g/mol. The van der Waals surface area contributed by atoms with E-state index in [-0.39, 0.29) is 10.8 Å². The first kappa shape index (κ1) is 92.6. The normalized spacial score (nSPS) is 16.7. The van der Waals surface area contributed by atoms with Crippen molar-refractivity contribution in [2.24, 2.45) is 22.7 Å². The first-order valence-electron chi connectivity index (χ1n) is 46.6. The van der Waals surface area contributed by atoms with Crippen LogP contribution in [0.4, 0.5) is 0 Å². The van der Waals surface area contributed by atoms with Crippen LogP contribution in [0.3, 0.4) is 0 Å². The Morgan fingerprint density at radius 2 is 0.641 bits per heavy atom. The first-order chi connectivity index (χ1) is 62.6. The van der Waals surface area contributed by atoms with Gasteiger partial charge < -0.3 is 0 Å². The topological polar surface area (TPSA) is 202 Å². The Morgan fingerprint density at radius 1 is 0.290 bits per heavy atom. The van der Waals surface area contributed by atoms with Gasteiger partial charge in [-0.3, -0.25) is 60.2 Å². The van der Waals surface area contributed by atoms with Crippen molar-refractivity contribution in [3.05, 3.63) is 343 Å². The minimum atomic E-state index is 0.238. The van der Waals surface area contributed by atoms with E-state index in [4.69, 9.17) is 9.97 Å². The summed E-state index contributed by atoms with van der Waals surface area (Å²) < 4.78 is 0. The standard InChI is InChI=1S/2C28H28N2.C17H21N3.C16H19N3.C15H18N2.C12H15N3/c1-17-11-19(3)27(20(4)12-17)23-7-9-29-25(15-23)26-16-24(8-10-30-26)28-21(5)13-18(2)14-22(28)6;1-17-11-19(3)27(20(4)12-17)23-7-9-25(29-15-23)26-10-8-24(16-30-26)28-21(5)13-18(2)14-22(28)6;1-10-6-8-18-12(9-10)14-13-11-5-7-17(4,16(11,2)3)15(13)20-19-14;1-15(2)10-7-8-16(15,3)14-12(10)13(18-19-14)11-6-4-5-9-17-11;1-11(2)8-13-5-7-17-15(10-13)14-9-12(3)4-6-16-14;1-9(2)7-10-8-12(15-14-10)11-5-3-4-6-13-11/h2*7-16H,1-6H3;6,8-9,11H,5,7H2,1-4H3,(H,19,20);4-6,9-10H,7-8H2,1-3H3,(H,18,19);4-7,9-11H,8H2,1-3H3;3-6,8-9H,7H2,1-2H3,(H,14,15). The van der Waals surface area contributed by atoms with Crippen LogP contribution in [0.2, 0.25) is 0 Å². The summed E-state index contributed by atoms with van der Waals surface area (Å²) in [6.45, 7) is 53.4. The van der Waals surface area contributed by atoms with Gasteiger partial charge in [0.05, 0.1) is 51.2 Å². The molecular weight excluding hydrogens is 1600 g/mol. The summed E-state index contributed by atoms with van der Waals surface area (Å²) in [5, 5.41) is 23.1. The van der Waals surface area contributed by atoms with E-state index in [1.165, 1.54) is 171 Å². The summed E-state index contributed by atoms with van der Waals surface area (Å²) >= 11 is 0. The molecule has 4 unspecified atom stereocenters. The van der Waals surface area contributed by atoms with Gasteiger partial charge in [-0.2, -0.15) is 15.3 Å². The van der Waals surface area contributed by atoms with E-state index in [1.54, 1.807) is 6.20 Å². The van der Waals surface area contributed by atoms with E-state index in [9.17, 15) is 0 Å². The quantitative estimate of drug-likeness (QED) is 0.0931. The molecule has 0 spiro atoms. The Bertz CT molecular complexity index is 6470. The molecule has 4 aliphatic rings. The fraction of sp³-hybridized carbons (Fsp3) is 0.328. The molecule has 131 heavy (non-hydrogen) atoms. The average molecular weight is 1730 g/mol. The molecule has 12 aromatic heterocycles. The summed E-state index contributed by atoms with van der Waals surface area (Å²) in [6.07, 6.45) is 24.1. The number of aromatic amines is 3. The lowest BCUT2D eigenvalue weighted by atomic mass is 9.70. The van der Waals surface area contributed by atoms with E-state index in [0.717, 1.165) is 92.3 Å². The molecule has 2 fully saturated rings. The molecule has 4 atom stereocenters. The van der Waals surface area contributed by atoms with Gasteiger partial charge in [-0.15, -0.1) is 0 Å². The van der Waals surface area contributed by atoms with Crippen molar-refractivity contribution in [2.75, 3.05) is 0 Å². The van der Waals surface area contributed by atoms with Crippen LogP contribution in [-0.4, -0.2) is 75.4 Å². The third kappa shape index (κ3) is 19.4. The Morgan fingerprint density at radius 3 is 1.03 bits per heavy atom. The number of rotatable bonds is 14. The number of benzene rings is 4. The highest BCUT2D eigenvalue weighted by atomic mass is 15.2. The maximum Gasteiger partial charge on any atom is 0.114 e. The second-order valence-corrected chi connectivity index (χ2v) is 39.7. The van der Waals surface area contributed by atoms with Crippen molar-refractivity contribution in [1.82, 2.24) is 75.4 Å². The molecule has 3 N–H and O–H groups in total. The van der Waals surface area contributed by atoms with Crippen LogP contribution in [0.1, 0.15) is 218 Å². The van der Waals surface area contributed by atoms with Gasteiger partial charge in [-0.25, -0.2) is 0 Å². The number of pyridine rings is 9. The molecule has 15 nitrogen and oxygen atoms in total. The number of fused-ring (bicyclic) bond motifs is 10. The van der Waals surface area contributed by atoms with Gasteiger partial charge in [0.15, 0.2) is 0 Å². The average Bonchev–Trinajstić information content (AvgIpc) is 1.52. The Hall–Kier alpha value is -13.1. The number of aromatic nitrogens is 15. The van der Waals surface area contributed by atoms with Crippen molar-refractivity contribution in [3.63, 3.8) is 0 Å². The molecule has 12 heterocycles. The largest absolute Gasteiger partial charge is 0.282 e. The fourth-order valence-corrected chi connectivity index (χ4v) is 21.5. The Balaban J connectivity index is 0.000000123. The predicted molar refractivity (Wildman–Crippen MR) is 539 cm³/mol. The van der Waals surface area contributed by atoms with E-state index in [0.29, 0.717) is 34.5 Å². The van der Waals surface area contributed by atoms with Crippen LogP contribution in [0.15, 0.2) is 232 Å². The lowest BCUT2D eigenvalue weighted by Crippen LogP contribution is -2.32. The van der Waals surface area contributed by atoms with Crippen molar-refractivity contribution in [3.8, 4) is 113 Å². The molecule has 4 aromatic carbocycles. The third-order valence-electron chi connectivity index (χ3n) is 28.2.